The van der Waals surface area contributed by atoms with Crippen LogP contribution in [-0.2, 0) is 11.3 Å². The fraction of sp³-hybridized carbons (Fsp3) is 0.407. The van der Waals surface area contributed by atoms with Crippen LogP contribution in [0.2, 0.25) is 0 Å². The molecule has 0 amide bonds. The summed E-state index contributed by atoms with van der Waals surface area (Å²) in [7, 11) is 0. The Morgan fingerprint density at radius 3 is 2.83 bits per heavy atom. The highest BCUT2D eigenvalue weighted by atomic mass is 32.1. The fourth-order valence-electron chi connectivity index (χ4n) is 4.73. The van der Waals surface area contributed by atoms with Gasteiger partial charge >= 0.3 is 5.97 Å². The lowest BCUT2D eigenvalue weighted by molar-refractivity contribution is -0.134. The van der Waals surface area contributed by atoms with Crippen molar-refractivity contribution < 1.29 is 14.3 Å². The Bertz CT molecular complexity index is 1170. The number of nitrogens with zero attached hydrogens (tertiary/aromatic N) is 3. The first-order valence-electron chi connectivity index (χ1n) is 12.0. The highest BCUT2D eigenvalue weighted by Gasteiger charge is 2.29. The predicted molar refractivity (Wildman–Crippen MR) is 141 cm³/mol. The molecule has 1 aromatic heterocycles. The first-order chi connectivity index (χ1) is 16.8. The maximum Gasteiger partial charge on any atom is 0.322 e. The van der Waals surface area contributed by atoms with E-state index in [4.69, 9.17) is 10.1 Å². The third-order valence-corrected chi connectivity index (χ3v) is 7.23. The van der Waals surface area contributed by atoms with Gasteiger partial charge in [0.05, 0.1) is 4.88 Å². The Morgan fingerprint density at radius 2 is 2.09 bits per heavy atom. The summed E-state index contributed by atoms with van der Waals surface area (Å²) in [5, 5.41) is 13.0. The topological polar surface area (TPSA) is 68.7 Å². The van der Waals surface area contributed by atoms with E-state index in [1.165, 1.54) is 11.6 Å². The van der Waals surface area contributed by atoms with Gasteiger partial charge in [0.2, 0.25) is 0 Å². The number of aliphatic carboxylic acids is 1. The number of piperazine rings is 1. The van der Waals surface area contributed by atoms with Crippen molar-refractivity contribution in [2.24, 2.45) is 5.92 Å². The van der Waals surface area contributed by atoms with E-state index in [9.17, 15) is 9.18 Å². The largest absolute Gasteiger partial charge is 0.480 e. The Morgan fingerprint density at radius 1 is 1.26 bits per heavy atom. The van der Waals surface area contributed by atoms with Crippen LogP contribution in [0.4, 0.5) is 15.2 Å². The molecule has 0 bridgehead atoms. The fourth-order valence-corrected chi connectivity index (χ4v) is 5.74. The van der Waals surface area contributed by atoms with Crippen molar-refractivity contribution in [3.8, 4) is 10.4 Å². The molecule has 1 fully saturated rings. The second-order valence-electron chi connectivity index (χ2n) is 9.68. The molecule has 0 spiro atoms. The van der Waals surface area contributed by atoms with Gasteiger partial charge in [0, 0.05) is 44.1 Å². The highest BCUT2D eigenvalue weighted by molar-refractivity contribution is 7.18. The van der Waals surface area contributed by atoms with E-state index in [0.717, 1.165) is 59.4 Å². The Balaban J connectivity index is 1.47. The maximum atomic E-state index is 13.7. The second-order valence-corrected chi connectivity index (χ2v) is 10.7. The number of benzene rings is 2. The van der Waals surface area contributed by atoms with Gasteiger partial charge in [-0.25, -0.2) is 9.37 Å². The van der Waals surface area contributed by atoms with Gasteiger partial charge in [-0.1, -0.05) is 43.4 Å². The first-order valence-corrected chi connectivity index (χ1v) is 12.9. The standard InChI is InChI=1S/C27H33FN4O2S/c1-18(2)9-24-17-31(16-20-10-19(3)11-23(12-20)29-15-26(33)34)7-8-32(24)27-30-14-25(35-27)21-5-4-6-22(28)13-21/h4-6,10-14,18,24,29H,7-9,15-17H2,1-3H3,(H,33,34)/t24-/m1/s1. The lowest BCUT2D eigenvalue weighted by Gasteiger charge is -2.42. The van der Waals surface area contributed by atoms with Crippen molar-refractivity contribution in [3.63, 3.8) is 0 Å². The number of aromatic nitrogens is 1. The molecule has 8 heteroatoms. The van der Waals surface area contributed by atoms with E-state index in [-0.39, 0.29) is 12.4 Å². The van der Waals surface area contributed by atoms with E-state index in [2.05, 4.69) is 35.0 Å². The maximum absolute atomic E-state index is 13.7. The first kappa shape index (κ1) is 25.1. The van der Waals surface area contributed by atoms with E-state index in [1.807, 2.05) is 31.3 Å². The van der Waals surface area contributed by atoms with Crippen molar-refractivity contribution in [2.45, 2.75) is 39.8 Å². The van der Waals surface area contributed by atoms with Gasteiger partial charge < -0.3 is 15.3 Å². The number of halogens is 1. The summed E-state index contributed by atoms with van der Waals surface area (Å²) < 4.78 is 13.7. The highest BCUT2D eigenvalue weighted by Crippen LogP contribution is 2.34. The molecule has 0 aliphatic carbocycles. The summed E-state index contributed by atoms with van der Waals surface area (Å²) in [6, 6.07) is 13.2. The van der Waals surface area contributed by atoms with Gasteiger partial charge in [-0.2, -0.15) is 0 Å². The van der Waals surface area contributed by atoms with Crippen LogP contribution in [0.1, 0.15) is 31.4 Å². The Labute approximate surface area is 210 Å². The molecule has 0 radical (unpaired) electrons. The Kier molecular flexibility index (Phi) is 8.03. The van der Waals surface area contributed by atoms with Crippen molar-refractivity contribution in [1.82, 2.24) is 9.88 Å². The number of hydrogen-bond donors (Lipinski definition) is 2. The van der Waals surface area contributed by atoms with Crippen LogP contribution in [0.5, 0.6) is 0 Å². The molecule has 4 rings (SSSR count). The summed E-state index contributed by atoms with van der Waals surface area (Å²) in [4.78, 5) is 21.5. The number of rotatable bonds is 9. The lowest BCUT2D eigenvalue weighted by atomic mass is 10.00. The van der Waals surface area contributed by atoms with E-state index >= 15 is 0 Å². The number of hydrogen-bond acceptors (Lipinski definition) is 6. The SMILES string of the molecule is Cc1cc(CN2CCN(c3ncc(-c4cccc(F)c4)s3)[C@H](CC(C)C)C2)cc(NCC(=O)O)c1. The monoisotopic (exact) mass is 496 g/mol. The van der Waals surface area contributed by atoms with Gasteiger partial charge in [0.15, 0.2) is 5.13 Å². The van der Waals surface area contributed by atoms with Crippen molar-refractivity contribution in [2.75, 3.05) is 36.4 Å². The van der Waals surface area contributed by atoms with Crippen LogP contribution >= 0.6 is 11.3 Å². The summed E-state index contributed by atoms with van der Waals surface area (Å²) in [6.45, 7) is 9.98. The molecule has 3 aromatic rings. The third-order valence-electron chi connectivity index (χ3n) is 6.15. The molecule has 1 aliphatic rings. The average molecular weight is 497 g/mol. The number of thiazole rings is 1. The zero-order chi connectivity index (χ0) is 24.9. The summed E-state index contributed by atoms with van der Waals surface area (Å²) >= 11 is 1.62. The number of carboxylic acids is 1. The molecule has 2 heterocycles. The normalized spacial score (nSPS) is 16.6. The molecule has 1 aliphatic heterocycles. The number of aryl methyl sites for hydroxylation is 1. The van der Waals surface area contributed by atoms with Crippen LogP contribution in [0.3, 0.4) is 0 Å². The third kappa shape index (κ3) is 6.80. The van der Waals surface area contributed by atoms with Gasteiger partial charge in [-0.15, -0.1) is 0 Å². The van der Waals surface area contributed by atoms with Crippen LogP contribution in [0.25, 0.3) is 10.4 Å². The van der Waals surface area contributed by atoms with Crippen molar-refractivity contribution >= 4 is 28.1 Å². The molecule has 35 heavy (non-hydrogen) atoms. The molecule has 0 unspecified atom stereocenters. The Hall–Kier alpha value is -2.97. The van der Waals surface area contributed by atoms with Gasteiger partial charge in [0.25, 0.3) is 0 Å². The molecule has 6 nitrogen and oxygen atoms in total. The molecule has 1 saturated heterocycles. The lowest BCUT2D eigenvalue weighted by Crippen LogP contribution is -2.53. The molecular weight excluding hydrogens is 463 g/mol. The number of carbonyl (C=O) groups is 1. The van der Waals surface area contributed by atoms with Crippen LogP contribution < -0.4 is 10.2 Å². The minimum Gasteiger partial charge on any atom is -0.480 e. The average Bonchev–Trinajstić information content (AvgIpc) is 3.27. The van der Waals surface area contributed by atoms with Crippen LogP contribution in [0.15, 0.2) is 48.7 Å². The second kappa shape index (κ2) is 11.2. The molecule has 0 saturated carbocycles. The molecule has 1 atom stereocenters. The molecular formula is C27H33FN4O2S. The van der Waals surface area contributed by atoms with Gasteiger partial charge in [-0.3, -0.25) is 9.69 Å². The quantitative estimate of drug-likeness (QED) is 0.408. The number of nitrogens with one attached hydrogen (secondary N) is 1. The molecule has 2 aromatic carbocycles. The molecule has 186 valence electrons. The predicted octanol–water partition coefficient (Wildman–Crippen LogP) is 5.49. The zero-order valence-corrected chi connectivity index (χ0v) is 21.3. The van der Waals surface area contributed by atoms with E-state index < -0.39 is 5.97 Å². The molecule has 2 N–H and O–H groups in total. The van der Waals surface area contributed by atoms with Crippen LogP contribution in [-0.4, -0.2) is 53.2 Å². The van der Waals surface area contributed by atoms with Gasteiger partial charge in [0.1, 0.15) is 12.4 Å². The smallest absolute Gasteiger partial charge is 0.322 e. The van der Waals surface area contributed by atoms with Crippen molar-refractivity contribution in [3.05, 3.63) is 65.6 Å². The number of carboxylic acid groups (broad SMARTS) is 1. The van der Waals surface area contributed by atoms with Crippen molar-refractivity contribution in [1.29, 1.82) is 0 Å². The van der Waals surface area contributed by atoms with E-state index in [1.54, 1.807) is 23.5 Å². The minimum atomic E-state index is -0.872. The number of anilines is 2. The van der Waals surface area contributed by atoms with Gasteiger partial charge in [-0.05, 0) is 60.2 Å². The summed E-state index contributed by atoms with van der Waals surface area (Å²) in [5.74, 6) is -0.555. The summed E-state index contributed by atoms with van der Waals surface area (Å²) in [5.41, 5.74) is 3.99. The minimum absolute atomic E-state index is 0.0938. The summed E-state index contributed by atoms with van der Waals surface area (Å²) in [6.07, 6.45) is 2.91. The van der Waals surface area contributed by atoms with Crippen LogP contribution in [0, 0.1) is 18.7 Å². The zero-order valence-electron chi connectivity index (χ0n) is 20.5. The van der Waals surface area contributed by atoms with E-state index in [0.29, 0.717) is 12.0 Å².